The highest BCUT2D eigenvalue weighted by atomic mass is 32.2. The first-order valence-corrected chi connectivity index (χ1v) is 7.71. The molecule has 0 aromatic rings. The molecule has 1 aliphatic rings. The fraction of sp³-hybridized carbons (Fsp3) is 0.909. The van der Waals surface area contributed by atoms with Crippen LogP contribution < -0.4 is 0 Å². The Hall–Kier alpha value is -0.620. The summed E-state index contributed by atoms with van der Waals surface area (Å²) in [5, 5.41) is 0. The van der Waals surface area contributed by atoms with Gasteiger partial charge in [0.05, 0.1) is 12.9 Å². The Bertz CT molecular complexity index is 352. The van der Waals surface area contributed by atoms with E-state index in [1.165, 1.54) is 11.4 Å². The maximum absolute atomic E-state index is 12.1. The first-order valence-electron chi connectivity index (χ1n) is 6.10. The molecular formula is C11H21NO4S. The van der Waals surface area contributed by atoms with E-state index in [2.05, 4.69) is 4.74 Å². The molecule has 1 heterocycles. The lowest BCUT2D eigenvalue weighted by molar-refractivity contribution is -0.146. The monoisotopic (exact) mass is 263 g/mol. The molecule has 1 saturated heterocycles. The maximum atomic E-state index is 12.1. The lowest BCUT2D eigenvalue weighted by atomic mass is 10.1. The highest BCUT2D eigenvalue weighted by molar-refractivity contribution is 7.89. The van der Waals surface area contributed by atoms with Crippen LogP contribution in [0, 0.1) is 0 Å². The van der Waals surface area contributed by atoms with Gasteiger partial charge in [0.2, 0.25) is 10.0 Å². The number of carbonyl (C=O) groups excluding carboxylic acids is 1. The maximum Gasteiger partial charge on any atom is 0.324 e. The van der Waals surface area contributed by atoms with Crippen LogP contribution in [0.4, 0.5) is 0 Å². The van der Waals surface area contributed by atoms with Crippen molar-refractivity contribution >= 4 is 16.0 Å². The van der Waals surface area contributed by atoms with Crippen LogP contribution in [-0.2, 0) is 19.6 Å². The summed E-state index contributed by atoms with van der Waals surface area (Å²) in [6.45, 7) is 2.38. The molecule has 1 atom stereocenters. The first-order chi connectivity index (χ1) is 8.03. The minimum Gasteiger partial charge on any atom is -0.468 e. The Morgan fingerprint density at radius 1 is 1.41 bits per heavy atom. The molecule has 0 saturated carbocycles. The Morgan fingerprint density at radius 3 is 2.71 bits per heavy atom. The summed E-state index contributed by atoms with van der Waals surface area (Å²) in [6.07, 6.45) is 3.72. The molecule has 0 bridgehead atoms. The van der Waals surface area contributed by atoms with Crippen LogP contribution in [0.15, 0.2) is 0 Å². The molecule has 1 rings (SSSR count). The molecule has 0 N–H and O–H groups in total. The Labute approximate surface area is 103 Å². The predicted octanol–water partition coefficient (Wildman–Crippen LogP) is 1.14. The van der Waals surface area contributed by atoms with E-state index in [1.807, 2.05) is 6.92 Å². The molecule has 17 heavy (non-hydrogen) atoms. The number of carbonyl (C=O) groups is 1. The van der Waals surface area contributed by atoms with Crippen molar-refractivity contribution in [3.05, 3.63) is 0 Å². The quantitative estimate of drug-likeness (QED) is 0.698. The van der Waals surface area contributed by atoms with E-state index in [0.29, 0.717) is 19.4 Å². The van der Waals surface area contributed by atoms with E-state index in [0.717, 1.165) is 19.3 Å². The van der Waals surface area contributed by atoms with Crippen molar-refractivity contribution in [1.82, 2.24) is 4.31 Å². The van der Waals surface area contributed by atoms with Gasteiger partial charge in [0, 0.05) is 6.54 Å². The van der Waals surface area contributed by atoms with Gasteiger partial charge in [0.25, 0.3) is 0 Å². The highest BCUT2D eigenvalue weighted by Gasteiger charge is 2.36. The molecule has 0 radical (unpaired) electrons. The van der Waals surface area contributed by atoms with Crippen molar-refractivity contribution in [3.8, 4) is 0 Å². The van der Waals surface area contributed by atoms with Crippen molar-refractivity contribution in [2.75, 3.05) is 19.4 Å². The minimum atomic E-state index is -3.32. The number of nitrogens with zero attached hydrogens (tertiary/aromatic N) is 1. The van der Waals surface area contributed by atoms with Crippen LogP contribution in [0.2, 0.25) is 0 Å². The topological polar surface area (TPSA) is 63.7 Å². The van der Waals surface area contributed by atoms with Crippen LogP contribution in [0.5, 0.6) is 0 Å². The number of rotatable bonds is 5. The minimum absolute atomic E-state index is 0.122. The molecule has 1 fully saturated rings. The Balaban J connectivity index is 2.80. The average molecular weight is 263 g/mol. The van der Waals surface area contributed by atoms with Gasteiger partial charge in [0.15, 0.2) is 0 Å². The lowest BCUT2D eigenvalue weighted by Crippen LogP contribution is -2.49. The summed E-state index contributed by atoms with van der Waals surface area (Å²) in [7, 11) is -2.02. The zero-order valence-corrected chi connectivity index (χ0v) is 11.3. The van der Waals surface area contributed by atoms with Gasteiger partial charge in [-0.05, 0) is 25.7 Å². The molecule has 6 heteroatoms. The van der Waals surface area contributed by atoms with Crippen molar-refractivity contribution < 1.29 is 17.9 Å². The van der Waals surface area contributed by atoms with Gasteiger partial charge in [-0.25, -0.2) is 8.42 Å². The van der Waals surface area contributed by atoms with Crippen LogP contribution >= 0.6 is 0 Å². The van der Waals surface area contributed by atoms with Crippen molar-refractivity contribution in [2.24, 2.45) is 0 Å². The van der Waals surface area contributed by atoms with E-state index in [1.54, 1.807) is 0 Å². The zero-order chi connectivity index (χ0) is 12.9. The molecular weight excluding hydrogens is 242 g/mol. The SMILES string of the molecule is CCCCS(=O)(=O)N1CCCC[C@@H]1C(=O)OC. The van der Waals surface area contributed by atoms with Gasteiger partial charge in [-0.1, -0.05) is 13.3 Å². The molecule has 0 amide bonds. The summed E-state index contributed by atoms with van der Waals surface area (Å²) >= 11 is 0. The van der Waals surface area contributed by atoms with Crippen LogP contribution in [0.3, 0.4) is 0 Å². The first kappa shape index (κ1) is 14.4. The summed E-state index contributed by atoms with van der Waals surface area (Å²) < 4.78 is 30.2. The third-order valence-electron chi connectivity index (χ3n) is 3.04. The van der Waals surface area contributed by atoms with Crippen LogP contribution in [-0.4, -0.2) is 44.1 Å². The van der Waals surface area contributed by atoms with E-state index in [-0.39, 0.29) is 5.75 Å². The van der Waals surface area contributed by atoms with Crippen LogP contribution in [0.25, 0.3) is 0 Å². The number of unbranched alkanes of at least 4 members (excludes halogenated alkanes) is 1. The second-order valence-electron chi connectivity index (χ2n) is 4.32. The summed E-state index contributed by atoms with van der Waals surface area (Å²) in [5.41, 5.74) is 0. The van der Waals surface area contributed by atoms with E-state index in [4.69, 9.17) is 0 Å². The van der Waals surface area contributed by atoms with Gasteiger partial charge in [-0.3, -0.25) is 4.79 Å². The second-order valence-corrected chi connectivity index (χ2v) is 6.36. The molecule has 1 aliphatic heterocycles. The van der Waals surface area contributed by atoms with Gasteiger partial charge in [-0.15, -0.1) is 0 Å². The number of hydrogen-bond acceptors (Lipinski definition) is 4. The lowest BCUT2D eigenvalue weighted by Gasteiger charge is -2.32. The summed E-state index contributed by atoms with van der Waals surface area (Å²) in [4.78, 5) is 11.6. The molecule has 0 spiro atoms. The molecule has 5 nitrogen and oxygen atoms in total. The van der Waals surface area contributed by atoms with Crippen molar-refractivity contribution in [2.45, 2.75) is 45.1 Å². The van der Waals surface area contributed by atoms with E-state index >= 15 is 0 Å². The Kier molecular flexibility index (Phi) is 5.39. The van der Waals surface area contributed by atoms with E-state index < -0.39 is 22.0 Å². The fourth-order valence-electron chi connectivity index (χ4n) is 2.05. The van der Waals surface area contributed by atoms with Gasteiger partial charge < -0.3 is 4.74 Å². The largest absolute Gasteiger partial charge is 0.468 e. The number of methoxy groups -OCH3 is 1. The smallest absolute Gasteiger partial charge is 0.324 e. The van der Waals surface area contributed by atoms with Gasteiger partial charge >= 0.3 is 5.97 Å². The molecule has 0 aromatic carbocycles. The number of esters is 1. The molecule has 0 unspecified atom stereocenters. The highest BCUT2D eigenvalue weighted by Crippen LogP contribution is 2.22. The standard InChI is InChI=1S/C11H21NO4S/c1-3-4-9-17(14,15)12-8-6-5-7-10(12)11(13)16-2/h10H,3-9H2,1-2H3/t10-/m1/s1. The second kappa shape index (κ2) is 6.35. The summed E-state index contributed by atoms with van der Waals surface area (Å²) in [6, 6.07) is -0.615. The average Bonchev–Trinajstić information content (AvgIpc) is 2.35. The Morgan fingerprint density at radius 2 is 2.12 bits per heavy atom. The number of sulfonamides is 1. The number of hydrogen-bond donors (Lipinski definition) is 0. The molecule has 0 aliphatic carbocycles. The molecule has 0 aromatic heterocycles. The fourth-order valence-corrected chi connectivity index (χ4v) is 3.93. The number of piperidine rings is 1. The van der Waals surface area contributed by atoms with Crippen molar-refractivity contribution in [3.63, 3.8) is 0 Å². The van der Waals surface area contributed by atoms with Gasteiger partial charge in [-0.2, -0.15) is 4.31 Å². The molecule has 100 valence electrons. The van der Waals surface area contributed by atoms with E-state index in [9.17, 15) is 13.2 Å². The number of ether oxygens (including phenoxy) is 1. The normalized spacial score (nSPS) is 22.4. The van der Waals surface area contributed by atoms with Crippen LogP contribution in [0.1, 0.15) is 39.0 Å². The third kappa shape index (κ3) is 3.67. The zero-order valence-electron chi connectivity index (χ0n) is 10.5. The predicted molar refractivity (Wildman–Crippen MR) is 65.1 cm³/mol. The van der Waals surface area contributed by atoms with Crippen molar-refractivity contribution in [1.29, 1.82) is 0 Å². The summed E-state index contributed by atoms with van der Waals surface area (Å²) in [5.74, 6) is -0.318. The third-order valence-corrected chi connectivity index (χ3v) is 5.00. The van der Waals surface area contributed by atoms with Gasteiger partial charge in [0.1, 0.15) is 6.04 Å².